The van der Waals surface area contributed by atoms with Crippen molar-refractivity contribution >= 4 is 22.7 Å². The zero-order chi connectivity index (χ0) is 14.7. The Labute approximate surface area is 130 Å². The van der Waals surface area contributed by atoms with Gasteiger partial charge in [-0.15, -0.1) is 22.7 Å². The summed E-state index contributed by atoms with van der Waals surface area (Å²) in [5.74, 6) is 0. The number of thiophene rings is 2. The van der Waals surface area contributed by atoms with Crippen LogP contribution in [0.2, 0.25) is 0 Å². The maximum Gasteiger partial charge on any atom is 0.0593 e. The van der Waals surface area contributed by atoms with Crippen molar-refractivity contribution in [1.82, 2.24) is 4.90 Å². The molecule has 2 nitrogen and oxygen atoms in total. The van der Waals surface area contributed by atoms with Gasteiger partial charge >= 0.3 is 0 Å². The average Bonchev–Trinajstić information content (AvgIpc) is 3.02. The van der Waals surface area contributed by atoms with Crippen LogP contribution < -0.4 is 5.73 Å². The fourth-order valence-electron chi connectivity index (χ4n) is 2.62. The van der Waals surface area contributed by atoms with E-state index in [2.05, 4.69) is 61.7 Å². The van der Waals surface area contributed by atoms with E-state index in [1.54, 1.807) is 0 Å². The highest BCUT2D eigenvalue weighted by Crippen LogP contribution is 2.32. The first kappa shape index (κ1) is 15.7. The smallest absolute Gasteiger partial charge is 0.0593 e. The third-order valence-electron chi connectivity index (χ3n) is 3.88. The lowest BCUT2D eigenvalue weighted by Gasteiger charge is -2.35. The van der Waals surface area contributed by atoms with Crippen LogP contribution in [0.4, 0.5) is 0 Å². The molecule has 0 saturated heterocycles. The number of nitrogens with zero attached hydrogens (tertiary/aromatic N) is 1. The minimum Gasteiger partial charge on any atom is -0.326 e. The third-order valence-corrected chi connectivity index (χ3v) is 5.87. The number of aryl methyl sites for hydroxylation is 1. The van der Waals surface area contributed by atoms with Crippen molar-refractivity contribution in [2.75, 3.05) is 7.05 Å². The van der Waals surface area contributed by atoms with Gasteiger partial charge in [0.15, 0.2) is 0 Å². The van der Waals surface area contributed by atoms with Crippen LogP contribution in [0.15, 0.2) is 29.0 Å². The van der Waals surface area contributed by atoms with Gasteiger partial charge in [-0.3, -0.25) is 4.90 Å². The first-order valence-electron chi connectivity index (χ1n) is 7.04. The van der Waals surface area contributed by atoms with Gasteiger partial charge in [-0.1, -0.05) is 6.07 Å². The van der Waals surface area contributed by atoms with E-state index in [4.69, 9.17) is 5.73 Å². The molecule has 2 rings (SSSR count). The second kappa shape index (κ2) is 6.85. The van der Waals surface area contributed by atoms with Crippen molar-refractivity contribution in [1.29, 1.82) is 0 Å². The topological polar surface area (TPSA) is 29.3 Å². The summed E-state index contributed by atoms with van der Waals surface area (Å²) in [4.78, 5) is 5.28. The molecule has 0 aliphatic carbocycles. The van der Waals surface area contributed by atoms with Crippen LogP contribution in [0, 0.1) is 6.92 Å². The van der Waals surface area contributed by atoms with Crippen LogP contribution in [0.1, 0.15) is 35.2 Å². The van der Waals surface area contributed by atoms with Crippen LogP contribution >= 0.6 is 22.7 Å². The number of likely N-dealkylation sites (N-methyl/N-ethyl adjacent to an activating group) is 1. The fourth-order valence-corrected chi connectivity index (χ4v) is 4.64. The summed E-state index contributed by atoms with van der Waals surface area (Å²) in [5, 5.41) is 4.31. The summed E-state index contributed by atoms with van der Waals surface area (Å²) in [7, 11) is 2.20. The fraction of sp³-hybridized carbons (Fsp3) is 0.500. The molecule has 2 N–H and O–H groups in total. The van der Waals surface area contributed by atoms with Gasteiger partial charge in [0.25, 0.3) is 0 Å². The van der Waals surface area contributed by atoms with E-state index in [1.165, 1.54) is 15.3 Å². The van der Waals surface area contributed by atoms with Gasteiger partial charge in [0.05, 0.1) is 6.04 Å². The number of hydrogen-bond acceptors (Lipinski definition) is 4. The van der Waals surface area contributed by atoms with Crippen LogP contribution in [0.3, 0.4) is 0 Å². The van der Waals surface area contributed by atoms with Crippen molar-refractivity contribution in [3.8, 4) is 0 Å². The highest BCUT2D eigenvalue weighted by atomic mass is 32.1. The first-order valence-corrected chi connectivity index (χ1v) is 8.80. The Morgan fingerprint density at radius 2 is 1.95 bits per heavy atom. The molecule has 2 aromatic rings. The molecule has 0 spiro atoms. The zero-order valence-electron chi connectivity index (χ0n) is 12.7. The van der Waals surface area contributed by atoms with Crippen LogP contribution in [-0.4, -0.2) is 24.0 Å². The minimum atomic E-state index is 0.128. The first-order chi connectivity index (χ1) is 9.50. The SMILES string of the molecule is Cc1ccsc1C(C(C)N)N(C)C(C)Cc1cccs1. The summed E-state index contributed by atoms with van der Waals surface area (Å²) in [5.41, 5.74) is 7.63. The number of nitrogens with two attached hydrogens (primary N) is 1. The van der Waals surface area contributed by atoms with Crippen molar-refractivity contribution in [2.45, 2.75) is 45.3 Å². The standard InChI is InChI=1S/C16H24N2S2/c1-11-7-9-20-16(11)15(13(3)17)18(4)12(2)10-14-6-5-8-19-14/h5-9,12-13,15H,10,17H2,1-4H3. The van der Waals surface area contributed by atoms with Gasteiger partial charge in [-0.05, 0) is 62.7 Å². The van der Waals surface area contributed by atoms with Gasteiger partial charge in [0, 0.05) is 21.8 Å². The van der Waals surface area contributed by atoms with Gasteiger partial charge < -0.3 is 5.73 Å². The second-order valence-corrected chi connectivity index (χ2v) is 7.55. The second-order valence-electron chi connectivity index (χ2n) is 5.57. The Morgan fingerprint density at radius 1 is 1.20 bits per heavy atom. The van der Waals surface area contributed by atoms with E-state index >= 15 is 0 Å². The molecule has 0 aliphatic heterocycles. The molecule has 20 heavy (non-hydrogen) atoms. The van der Waals surface area contributed by atoms with E-state index in [1.807, 2.05) is 22.7 Å². The van der Waals surface area contributed by atoms with Gasteiger partial charge in [0.1, 0.15) is 0 Å². The maximum atomic E-state index is 6.28. The van der Waals surface area contributed by atoms with Gasteiger partial charge in [-0.2, -0.15) is 0 Å². The average molecular weight is 309 g/mol. The third kappa shape index (κ3) is 3.50. The van der Waals surface area contributed by atoms with Crippen molar-refractivity contribution in [3.05, 3.63) is 44.3 Å². The zero-order valence-corrected chi connectivity index (χ0v) is 14.3. The van der Waals surface area contributed by atoms with Crippen LogP contribution in [-0.2, 0) is 6.42 Å². The predicted octanol–water partition coefficient (Wildman–Crippen LogP) is 4.07. The molecule has 0 aliphatic rings. The van der Waals surface area contributed by atoms with Crippen LogP contribution in [0.25, 0.3) is 0 Å². The molecule has 0 amide bonds. The molecule has 0 fully saturated rings. The van der Waals surface area contributed by atoms with E-state index < -0.39 is 0 Å². The molecule has 0 saturated carbocycles. The number of rotatable bonds is 6. The Hall–Kier alpha value is -0.680. The van der Waals surface area contributed by atoms with Gasteiger partial charge in [-0.25, -0.2) is 0 Å². The molecular formula is C16H24N2S2. The molecule has 0 radical (unpaired) electrons. The van der Waals surface area contributed by atoms with Gasteiger partial charge in [0.2, 0.25) is 0 Å². The lowest BCUT2D eigenvalue weighted by molar-refractivity contribution is 0.167. The Bertz CT molecular complexity index is 516. The summed E-state index contributed by atoms with van der Waals surface area (Å²) in [6.07, 6.45) is 1.09. The Balaban J connectivity index is 2.15. The molecule has 3 unspecified atom stereocenters. The van der Waals surface area contributed by atoms with Crippen LogP contribution in [0.5, 0.6) is 0 Å². The van der Waals surface area contributed by atoms with E-state index in [0.717, 1.165) is 6.42 Å². The quantitative estimate of drug-likeness (QED) is 0.871. The molecule has 4 heteroatoms. The minimum absolute atomic E-state index is 0.128. The van der Waals surface area contributed by atoms with Crippen molar-refractivity contribution < 1.29 is 0 Å². The largest absolute Gasteiger partial charge is 0.326 e. The molecule has 3 atom stereocenters. The van der Waals surface area contributed by atoms with Crippen molar-refractivity contribution in [2.24, 2.45) is 5.73 Å². The summed E-state index contributed by atoms with van der Waals surface area (Å²) in [6.45, 7) is 6.58. The number of hydrogen-bond donors (Lipinski definition) is 1. The summed E-state index contributed by atoms with van der Waals surface area (Å²) in [6, 6.07) is 7.43. The lowest BCUT2D eigenvalue weighted by atomic mass is 10.0. The van der Waals surface area contributed by atoms with E-state index in [0.29, 0.717) is 12.1 Å². The van der Waals surface area contributed by atoms with Crippen molar-refractivity contribution in [3.63, 3.8) is 0 Å². The Morgan fingerprint density at radius 3 is 2.45 bits per heavy atom. The highest BCUT2D eigenvalue weighted by molar-refractivity contribution is 7.10. The van der Waals surface area contributed by atoms with E-state index in [-0.39, 0.29) is 6.04 Å². The molecule has 0 aromatic carbocycles. The normalized spacial score (nSPS) is 16.3. The molecular weight excluding hydrogens is 284 g/mol. The molecule has 110 valence electrons. The highest BCUT2D eigenvalue weighted by Gasteiger charge is 2.27. The summed E-state index contributed by atoms with van der Waals surface area (Å²) < 4.78 is 0. The van der Waals surface area contributed by atoms with E-state index in [9.17, 15) is 0 Å². The Kier molecular flexibility index (Phi) is 5.38. The molecule has 0 bridgehead atoms. The summed E-state index contributed by atoms with van der Waals surface area (Å²) >= 11 is 3.65. The lowest BCUT2D eigenvalue weighted by Crippen LogP contribution is -2.42. The molecule has 2 aromatic heterocycles. The predicted molar refractivity (Wildman–Crippen MR) is 90.7 cm³/mol. The molecule has 2 heterocycles. The maximum absolute atomic E-state index is 6.28. The monoisotopic (exact) mass is 308 g/mol.